The minimum atomic E-state index is -0.512. The van der Waals surface area contributed by atoms with Gasteiger partial charge in [0.05, 0.1) is 18.2 Å². The molecular weight excluding hydrogens is 164 g/mol. The number of aliphatic hydroxyl groups is 1. The molecule has 1 aliphatic carbocycles. The number of rotatable bonds is 1. The van der Waals surface area contributed by atoms with E-state index in [1.807, 2.05) is 31.3 Å². The standard InChI is InChI=1S/C10H14N2O/c1-12-9-7-5-3-2-4-6(7)8(11)10(9)13/h2-5,8-10,12-13H,11H2,1H3/t8-,9+,10-/m1/s1. The number of hydrogen-bond acceptors (Lipinski definition) is 3. The van der Waals surface area contributed by atoms with Gasteiger partial charge in [-0.3, -0.25) is 0 Å². The Balaban J connectivity index is 2.47. The lowest BCUT2D eigenvalue weighted by atomic mass is 10.1. The second-order valence-electron chi connectivity index (χ2n) is 3.41. The molecule has 3 nitrogen and oxygen atoms in total. The smallest absolute Gasteiger partial charge is 0.0927 e. The van der Waals surface area contributed by atoms with Crippen LogP contribution in [0.25, 0.3) is 0 Å². The highest BCUT2D eigenvalue weighted by molar-refractivity contribution is 5.39. The zero-order valence-corrected chi connectivity index (χ0v) is 7.57. The topological polar surface area (TPSA) is 58.3 Å². The van der Waals surface area contributed by atoms with Crippen molar-refractivity contribution in [1.82, 2.24) is 5.32 Å². The summed E-state index contributed by atoms with van der Waals surface area (Å²) in [6, 6.07) is 7.62. The molecule has 1 aromatic rings. The van der Waals surface area contributed by atoms with Gasteiger partial charge >= 0.3 is 0 Å². The van der Waals surface area contributed by atoms with Crippen molar-refractivity contribution in [1.29, 1.82) is 0 Å². The summed E-state index contributed by atoms with van der Waals surface area (Å²) in [6.45, 7) is 0. The summed E-state index contributed by atoms with van der Waals surface area (Å²) in [6.07, 6.45) is -0.512. The fourth-order valence-corrected chi connectivity index (χ4v) is 2.00. The number of nitrogens with one attached hydrogen (secondary N) is 1. The maximum atomic E-state index is 9.79. The van der Waals surface area contributed by atoms with E-state index in [0.717, 1.165) is 11.1 Å². The van der Waals surface area contributed by atoms with Crippen LogP contribution in [0.2, 0.25) is 0 Å². The average molecular weight is 178 g/mol. The molecule has 3 heteroatoms. The molecule has 1 aliphatic rings. The van der Waals surface area contributed by atoms with E-state index >= 15 is 0 Å². The number of nitrogens with two attached hydrogens (primary N) is 1. The van der Waals surface area contributed by atoms with Crippen molar-refractivity contribution in [2.75, 3.05) is 7.05 Å². The number of hydrogen-bond donors (Lipinski definition) is 3. The Kier molecular flexibility index (Phi) is 2.07. The van der Waals surface area contributed by atoms with Crippen molar-refractivity contribution in [2.45, 2.75) is 18.2 Å². The highest BCUT2D eigenvalue weighted by atomic mass is 16.3. The summed E-state index contributed by atoms with van der Waals surface area (Å²) in [5, 5.41) is 12.9. The largest absolute Gasteiger partial charge is 0.389 e. The highest BCUT2D eigenvalue weighted by Crippen LogP contribution is 2.36. The lowest BCUT2D eigenvalue weighted by Gasteiger charge is -2.16. The molecule has 70 valence electrons. The summed E-state index contributed by atoms with van der Waals surface area (Å²) < 4.78 is 0. The molecule has 0 saturated heterocycles. The number of fused-ring (bicyclic) bond motifs is 1. The van der Waals surface area contributed by atoms with Gasteiger partial charge in [0.1, 0.15) is 0 Å². The predicted molar refractivity (Wildman–Crippen MR) is 51.2 cm³/mol. The predicted octanol–water partition coefficient (Wildman–Crippen LogP) is 0.321. The Morgan fingerprint density at radius 2 is 1.92 bits per heavy atom. The van der Waals surface area contributed by atoms with E-state index in [-0.39, 0.29) is 12.1 Å². The molecular formula is C10H14N2O. The quantitative estimate of drug-likeness (QED) is 0.580. The second kappa shape index (κ2) is 3.10. The van der Waals surface area contributed by atoms with Crippen LogP contribution in [0.5, 0.6) is 0 Å². The maximum absolute atomic E-state index is 9.79. The molecule has 0 bridgehead atoms. The van der Waals surface area contributed by atoms with E-state index in [0.29, 0.717) is 0 Å². The van der Waals surface area contributed by atoms with E-state index < -0.39 is 6.10 Å². The van der Waals surface area contributed by atoms with E-state index in [2.05, 4.69) is 5.32 Å². The van der Waals surface area contributed by atoms with Crippen molar-refractivity contribution < 1.29 is 5.11 Å². The first-order valence-electron chi connectivity index (χ1n) is 4.45. The number of likely N-dealkylation sites (N-methyl/N-ethyl adjacent to an activating group) is 1. The molecule has 3 atom stereocenters. The van der Waals surface area contributed by atoms with E-state index in [1.54, 1.807) is 0 Å². The van der Waals surface area contributed by atoms with E-state index in [4.69, 9.17) is 5.73 Å². The normalized spacial score (nSPS) is 31.8. The molecule has 0 fully saturated rings. The highest BCUT2D eigenvalue weighted by Gasteiger charge is 2.35. The Bertz CT molecular complexity index is 314. The van der Waals surface area contributed by atoms with Crippen LogP contribution in [0.3, 0.4) is 0 Å². The average Bonchev–Trinajstić information content (AvgIpc) is 2.41. The molecule has 0 radical (unpaired) electrons. The van der Waals surface area contributed by atoms with Crippen molar-refractivity contribution in [3.63, 3.8) is 0 Å². The summed E-state index contributed by atoms with van der Waals surface area (Å²) >= 11 is 0. The van der Waals surface area contributed by atoms with Crippen LogP contribution in [-0.2, 0) is 0 Å². The SMILES string of the molecule is CN[C@H]1c2ccccc2[C@@H](N)[C@H]1O. The third-order valence-corrected chi connectivity index (χ3v) is 2.71. The summed E-state index contributed by atoms with van der Waals surface area (Å²) in [5.41, 5.74) is 8.03. The van der Waals surface area contributed by atoms with Crippen LogP contribution in [0.15, 0.2) is 24.3 Å². The van der Waals surface area contributed by atoms with Crippen LogP contribution >= 0.6 is 0 Å². The molecule has 0 aliphatic heterocycles. The van der Waals surface area contributed by atoms with Gasteiger partial charge in [0, 0.05) is 0 Å². The first-order chi connectivity index (χ1) is 6.25. The lowest BCUT2D eigenvalue weighted by Crippen LogP contribution is -2.30. The zero-order valence-electron chi connectivity index (χ0n) is 7.57. The summed E-state index contributed by atoms with van der Waals surface area (Å²) in [7, 11) is 1.84. The molecule has 2 rings (SSSR count). The van der Waals surface area contributed by atoms with Crippen LogP contribution in [0.4, 0.5) is 0 Å². The summed E-state index contributed by atoms with van der Waals surface area (Å²) in [4.78, 5) is 0. The molecule has 0 aromatic heterocycles. The Morgan fingerprint density at radius 3 is 2.54 bits per heavy atom. The van der Waals surface area contributed by atoms with Crippen LogP contribution in [0, 0.1) is 0 Å². The minimum absolute atomic E-state index is 0.0220. The molecule has 0 saturated carbocycles. The van der Waals surface area contributed by atoms with Crippen molar-refractivity contribution in [3.8, 4) is 0 Å². The Labute approximate surface area is 77.6 Å². The molecule has 13 heavy (non-hydrogen) atoms. The molecule has 1 aromatic carbocycles. The van der Waals surface area contributed by atoms with Gasteiger partial charge in [-0.2, -0.15) is 0 Å². The van der Waals surface area contributed by atoms with Crippen molar-refractivity contribution >= 4 is 0 Å². The molecule has 0 heterocycles. The van der Waals surface area contributed by atoms with E-state index in [9.17, 15) is 5.11 Å². The first kappa shape index (κ1) is 8.69. The Morgan fingerprint density at radius 1 is 1.31 bits per heavy atom. The molecule has 4 N–H and O–H groups in total. The van der Waals surface area contributed by atoms with Gasteiger partial charge in [-0.15, -0.1) is 0 Å². The summed E-state index contributed by atoms with van der Waals surface area (Å²) in [5.74, 6) is 0. The van der Waals surface area contributed by atoms with Crippen molar-refractivity contribution in [3.05, 3.63) is 35.4 Å². The van der Waals surface area contributed by atoms with Gasteiger partial charge in [-0.05, 0) is 18.2 Å². The monoisotopic (exact) mass is 178 g/mol. The fourth-order valence-electron chi connectivity index (χ4n) is 2.00. The van der Waals surface area contributed by atoms with Crippen LogP contribution < -0.4 is 11.1 Å². The molecule has 0 amide bonds. The number of aliphatic hydroxyl groups excluding tert-OH is 1. The van der Waals surface area contributed by atoms with E-state index in [1.165, 1.54) is 0 Å². The zero-order chi connectivity index (χ0) is 9.42. The second-order valence-corrected chi connectivity index (χ2v) is 3.41. The minimum Gasteiger partial charge on any atom is -0.389 e. The first-order valence-corrected chi connectivity index (χ1v) is 4.45. The van der Waals surface area contributed by atoms with Gasteiger partial charge in [0.2, 0.25) is 0 Å². The van der Waals surface area contributed by atoms with Gasteiger partial charge < -0.3 is 16.2 Å². The van der Waals surface area contributed by atoms with Gasteiger partial charge in [0.25, 0.3) is 0 Å². The van der Waals surface area contributed by atoms with Crippen LogP contribution in [-0.4, -0.2) is 18.3 Å². The maximum Gasteiger partial charge on any atom is 0.0927 e. The van der Waals surface area contributed by atoms with Crippen molar-refractivity contribution in [2.24, 2.45) is 5.73 Å². The Hall–Kier alpha value is -0.900. The fraction of sp³-hybridized carbons (Fsp3) is 0.400. The molecule has 0 spiro atoms. The third kappa shape index (κ3) is 1.16. The lowest BCUT2D eigenvalue weighted by molar-refractivity contribution is 0.120. The van der Waals surface area contributed by atoms with Gasteiger partial charge in [-0.25, -0.2) is 0 Å². The van der Waals surface area contributed by atoms with Crippen LogP contribution in [0.1, 0.15) is 23.2 Å². The number of benzene rings is 1. The van der Waals surface area contributed by atoms with Gasteiger partial charge in [-0.1, -0.05) is 24.3 Å². The van der Waals surface area contributed by atoms with Gasteiger partial charge in [0.15, 0.2) is 0 Å². The molecule has 0 unspecified atom stereocenters. The third-order valence-electron chi connectivity index (χ3n) is 2.71.